The van der Waals surface area contributed by atoms with E-state index in [0.717, 1.165) is 42.9 Å². The molecular formula is C32H43ClN4O3Si. The van der Waals surface area contributed by atoms with Crippen molar-refractivity contribution in [2.24, 2.45) is 12.8 Å². The van der Waals surface area contributed by atoms with Gasteiger partial charge < -0.3 is 24.0 Å². The number of amides is 1. The number of ether oxygens (including phenoxy) is 1. The van der Waals surface area contributed by atoms with E-state index in [0.29, 0.717) is 6.61 Å². The molecule has 7 nitrogen and oxygen atoms in total. The lowest BCUT2D eigenvalue weighted by molar-refractivity contribution is 0.0988. The number of aromatic nitrogens is 3. The second-order valence-electron chi connectivity index (χ2n) is 12.3. The first kappa shape index (κ1) is 30.9. The number of hydrogen-bond donors (Lipinski definition) is 1. The Morgan fingerprint density at radius 1 is 1.07 bits per heavy atom. The van der Waals surface area contributed by atoms with Crippen LogP contribution in [-0.4, -0.2) is 34.9 Å². The first-order valence-electron chi connectivity index (χ1n) is 14.3. The smallest absolute Gasteiger partial charge is 0.268 e. The van der Waals surface area contributed by atoms with E-state index in [9.17, 15) is 4.79 Å². The van der Waals surface area contributed by atoms with Gasteiger partial charge in [0.05, 0.1) is 12.9 Å². The van der Waals surface area contributed by atoms with Crippen molar-refractivity contribution in [2.75, 3.05) is 6.61 Å². The van der Waals surface area contributed by atoms with E-state index < -0.39 is 14.2 Å². The molecule has 0 aliphatic carbocycles. The Bertz CT molecular complexity index is 1470. The quantitative estimate of drug-likeness (QED) is 0.127. The number of carbonyl (C=O) groups excluding carboxylic acids is 1. The topological polar surface area (TPSA) is 84.3 Å². The number of benzene rings is 2. The third-order valence-corrected chi connectivity index (χ3v) is 12.9. The van der Waals surface area contributed by atoms with E-state index in [4.69, 9.17) is 26.5 Å². The van der Waals surface area contributed by atoms with Crippen LogP contribution in [0.2, 0.25) is 23.2 Å². The molecule has 2 aromatic carbocycles. The Balaban J connectivity index is 1.42. The number of nitrogens with two attached hydrogens (primary N) is 1. The van der Waals surface area contributed by atoms with Crippen LogP contribution in [-0.2, 0) is 24.3 Å². The number of halogens is 1. The van der Waals surface area contributed by atoms with Crippen LogP contribution in [0.15, 0.2) is 61.2 Å². The summed E-state index contributed by atoms with van der Waals surface area (Å²) in [7, 11) is 0.00523. The van der Waals surface area contributed by atoms with E-state index in [1.54, 1.807) is 12.5 Å². The minimum Gasteiger partial charge on any atom is -0.494 e. The molecule has 0 bridgehead atoms. The summed E-state index contributed by atoms with van der Waals surface area (Å²) in [5.41, 5.74) is 9.45. The van der Waals surface area contributed by atoms with Crippen molar-refractivity contribution in [2.45, 2.75) is 77.2 Å². The highest BCUT2D eigenvalue weighted by molar-refractivity contribution is 6.74. The molecule has 0 saturated heterocycles. The Kier molecular flexibility index (Phi) is 9.67. The molecule has 4 aromatic rings. The summed E-state index contributed by atoms with van der Waals surface area (Å²) < 4.78 is 17.0. The molecule has 1 atom stereocenters. The van der Waals surface area contributed by atoms with E-state index in [1.165, 1.54) is 22.0 Å². The van der Waals surface area contributed by atoms with Crippen molar-refractivity contribution < 1.29 is 14.0 Å². The normalized spacial score (nSPS) is 13.0. The number of hydrogen-bond acceptors (Lipinski definition) is 4. The molecule has 0 radical (unpaired) electrons. The van der Waals surface area contributed by atoms with Crippen LogP contribution in [0.1, 0.15) is 67.9 Å². The predicted molar refractivity (Wildman–Crippen MR) is 169 cm³/mol. The molecule has 9 heteroatoms. The van der Waals surface area contributed by atoms with Crippen molar-refractivity contribution >= 4 is 36.7 Å². The molecule has 0 aliphatic rings. The highest BCUT2D eigenvalue weighted by Gasteiger charge is 2.39. The molecule has 2 heterocycles. The first-order valence-corrected chi connectivity index (χ1v) is 17.6. The zero-order valence-electron chi connectivity index (χ0n) is 25.1. The molecule has 220 valence electrons. The van der Waals surface area contributed by atoms with Crippen LogP contribution in [0.5, 0.6) is 5.75 Å². The summed E-state index contributed by atoms with van der Waals surface area (Å²) in [6.07, 6.45) is 9.83. The van der Waals surface area contributed by atoms with Gasteiger partial charge in [0, 0.05) is 35.4 Å². The Labute approximate surface area is 249 Å². The zero-order chi connectivity index (χ0) is 29.8. The van der Waals surface area contributed by atoms with Gasteiger partial charge in [-0.25, -0.2) is 4.98 Å². The molecule has 0 aliphatic heterocycles. The van der Waals surface area contributed by atoms with E-state index >= 15 is 0 Å². The average Bonchev–Trinajstić information content (AvgIpc) is 3.52. The summed E-state index contributed by atoms with van der Waals surface area (Å²) in [6.45, 7) is 11.8. The monoisotopic (exact) mass is 594 g/mol. The van der Waals surface area contributed by atoms with Crippen LogP contribution in [0.3, 0.4) is 0 Å². The molecule has 1 unspecified atom stereocenters. The molecule has 4 rings (SSSR count). The maximum atomic E-state index is 11.7. The maximum absolute atomic E-state index is 11.7. The Morgan fingerprint density at radius 2 is 1.80 bits per heavy atom. The van der Waals surface area contributed by atoms with E-state index in [1.807, 2.05) is 22.8 Å². The Hall–Kier alpha value is -3.07. The van der Waals surface area contributed by atoms with E-state index in [-0.39, 0.29) is 17.0 Å². The van der Waals surface area contributed by atoms with Gasteiger partial charge in [0.15, 0.2) is 8.32 Å². The largest absolute Gasteiger partial charge is 0.494 e. The number of fused-ring (bicyclic) bond motifs is 1. The van der Waals surface area contributed by atoms with Gasteiger partial charge in [0.2, 0.25) is 0 Å². The van der Waals surface area contributed by atoms with Crippen molar-refractivity contribution in [1.82, 2.24) is 14.1 Å². The van der Waals surface area contributed by atoms with Crippen LogP contribution in [0.4, 0.5) is 0 Å². The fourth-order valence-electron chi connectivity index (χ4n) is 4.73. The molecule has 0 spiro atoms. The van der Waals surface area contributed by atoms with Crippen LogP contribution in [0, 0.1) is 0 Å². The van der Waals surface area contributed by atoms with Crippen LogP contribution in [0.25, 0.3) is 10.9 Å². The number of imidazole rings is 1. The van der Waals surface area contributed by atoms with Crippen molar-refractivity contribution in [1.29, 1.82) is 0 Å². The van der Waals surface area contributed by atoms with Crippen molar-refractivity contribution in [3.8, 4) is 5.75 Å². The maximum Gasteiger partial charge on any atom is 0.268 e. The summed E-state index contributed by atoms with van der Waals surface area (Å²) in [5, 5.41) is 2.02. The van der Waals surface area contributed by atoms with E-state index in [2.05, 4.69) is 80.9 Å². The average molecular weight is 595 g/mol. The first-order chi connectivity index (χ1) is 19.3. The van der Waals surface area contributed by atoms with Gasteiger partial charge in [-0.2, -0.15) is 0 Å². The second kappa shape index (κ2) is 12.8. The fraction of sp³-hybridized carbons (Fsp3) is 0.438. The van der Waals surface area contributed by atoms with Crippen molar-refractivity contribution in [3.63, 3.8) is 0 Å². The highest BCUT2D eigenvalue weighted by Crippen LogP contribution is 2.40. The van der Waals surface area contributed by atoms with Crippen LogP contribution >= 0.6 is 11.6 Å². The summed E-state index contributed by atoms with van der Waals surface area (Å²) in [6, 6.07) is 14.3. The van der Waals surface area contributed by atoms with Gasteiger partial charge in [0.1, 0.15) is 17.7 Å². The fourth-order valence-corrected chi connectivity index (χ4v) is 6.13. The van der Waals surface area contributed by atoms with Gasteiger partial charge in [-0.05, 0) is 91.7 Å². The molecular weight excluding hydrogens is 552 g/mol. The lowest BCUT2D eigenvalue weighted by atomic mass is 10.1. The number of aryl methyl sites for hydroxylation is 3. The number of rotatable bonds is 13. The Morgan fingerprint density at radius 3 is 2.46 bits per heavy atom. The van der Waals surface area contributed by atoms with Crippen LogP contribution < -0.4 is 10.5 Å². The minimum absolute atomic E-state index is 0.0548. The number of carbonyl (C=O) groups is 1. The summed E-state index contributed by atoms with van der Waals surface area (Å²) in [4.78, 5) is 15.9. The third-order valence-electron chi connectivity index (χ3n) is 8.16. The summed E-state index contributed by atoms with van der Waals surface area (Å²) in [5.74, 6) is 0.353. The molecule has 41 heavy (non-hydrogen) atoms. The van der Waals surface area contributed by atoms with Crippen molar-refractivity contribution in [3.05, 3.63) is 83.0 Å². The van der Waals surface area contributed by atoms with Gasteiger partial charge in [-0.3, -0.25) is 4.79 Å². The molecule has 2 aromatic heterocycles. The standard InChI is InChI=1S/C32H43ClN4O3Si/c1-32(2,3)41(5,6)40-30(37-21-28(31(34)38)35-22-37)11-7-10-24-20-36(4)29-17-16-26(19-27(24)29)39-18-8-9-23-12-14-25(33)15-13-23/h12-17,19-22,30H,7-11,18H2,1-6H3,(H2,34,38). The third kappa shape index (κ3) is 7.81. The number of primary amides is 1. The lowest BCUT2D eigenvalue weighted by Crippen LogP contribution is -2.42. The van der Waals surface area contributed by atoms with Gasteiger partial charge in [-0.1, -0.05) is 44.5 Å². The lowest BCUT2D eigenvalue weighted by Gasteiger charge is -2.39. The molecule has 0 saturated carbocycles. The second-order valence-corrected chi connectivity index (χ2v) is 17.5. The van der Waals surface area contributed by atoms with Gasteiger partial charge in [-0.15, -0.1) is 0 Å². The molecule has 2 N–H and O–H groups in total. The van der Waals surface area contributed by atoms with Gasteiger partial charge >= 0.3 is 0 Å². The van der Waals surface area contributed by atoms with Gasteiger partial charge in [0.25, 0.3) is 5.91 Å². The summed E-state index contributed by atoms with van der Waals surface area (Å²) >= 11 is 5.99. The minimum atomic E-state index is -2.08. The zero-order valence-corrected chi connectivity index (χ0v) is 26.9. The molecule has 1 amide bonds. The highest BCUT2D eigenvalue weighted by atomic mass is 35.5. The number of nitrogens with zero attached hydrogens (tertiary/aromatic N) is 3. The SMILES string of the molecule is Cn1cc(CCCC(O[Si](C)(C)C(C)(C)C)n2cnc(C(N)=O)c2)c2cc(OCCCc3ccc(Cl)cc3)ccc21. The predicted octanol–water partition coefficient (Wildman–Crippen LogP) is 7.68. The molecule has 0 fully saturated rings.